The summed E-state index contributed by atoms with van der Waals surface area (Å²) >= 11 is 9.87. The Bertz CT molecular complexity index is 588. The molecule has 20 heavy (non-hydrogen) atoms. The van der Waals surface area contributed by atoms with Crippen LogP contribution < -0.4 is 10.1 Å². The lowest BCUT2D eigenvalue weighted by molar-refractivity contribution is 0.339. The Morgan fingerprint density at radius 1 is 1.25 bits per heavy atom. The van der Waals surface area contributed by atoms with Gasteiger partial charge in [0.1, 0.15) is 5.75 Å². The van der Waals surface area contributed by atoms with Crippen molar-refractivity contribution in [3.63, 3.8) is 0 Å². The van der Waals surface area contributed by atoms with Crippen molar-refractivity contribution in [1.82, 2.24) is 5.32 Å². The molecule has 2 aromatic carbocycles. The lowest BCUT2D eigenvalue weighted by Crippen LogP contribution is -2.18. The van der Waals surface area contributed by atoms with Gasteiger partial charge in [-0.3, -0.25) is 0 Å². The highest BCUT2D eigenvalue weighted by Crippen LogP contribution is 2.34. The van der Waals surface area contributed by atoms with Crippen LogP contribution in [-0.4, -0.2) is 13.7 Å². The molecule has 106 valence electrons. The minimum atomic E-state index is 0.0282. The van der Waals surface area contributed by atoms with Crippen molar-refractivity contribution in [3.8, 4) is 5.75 Å². The van der Waals surface area contributed by atoms with Crippen molar-refractivity contribution in [1.29, 1.82) is 0 Å². The van der Waals surface area contributed by atoms with Crippen LogP contribution in [0.1, 0.15) is 24.1 Å². The number of ether oxygens (including phenoxy) is 1. The van der Waals surface area contributed by atoms with Crippen molar-refractivity contribution < 1.29 is 4.74 Å². The second-order valence-corrected chi connectivity index (χ2v) is 5.60. The SMILES string of the molecule is CCOc1cccc(C(NC)c2cccc(Br)c2Cl)c1. The summed E-state index contributed by atoms with van der Waals surface area (Å²) in [4.78, 5) is 0. The van der Waals surface area contributed by atoms with Gasteiger partial charge in [-0.1, -0.05) is 35.9 Å². The number of hydrogen-bond donors (Lipinski definition) is 1. The van der Waals surface area contributed by atoms with Gasteiger partial charge in [0.15, 0.2) is 0 Å². The molecule has 0 heterocycles. The van der Waals surface area contributed by atoms with Gasteiger partial charge in [-0.25, -0.2) is 0 Å². The van der Waals surface area contributed by atoms with E-state index in [1.807, 2.05) is 50.4 Å². The molecular formula is C16H17BrClNO. The maximum Gasteiger partial charge on any atom is 0.119 e. The van der Waals surface area contributed by atoms with Gasteiger partial charge in [0, 0.05) is 4.47 Å². The number of halogens is 2. The Labute approximate surface area is 133 Å². The van der Waals surface area contributed by atoms with Crippen LogP contribution >= 0.6 is 27.5 Å². The molecule has 0 saturated carbocycles. The van der Waals surface area contributed by atoms with E-state index in [-0.39, 0.29) is 6.04 Å². The zero-order valence-electron chi connectivity index (χ0n) is 11.5. The molecule has 0 amide bonds. The summed E-state index contributed by atoms with van der Waals surface area (Å²) < 4.78 is 6.46. The summed E-state index contributed by atoms with van der Waals surface area (Å²) in [5.74, 6) is 0.872. The molecule has 0 aliphatic rings. The van der Waals surface area contributed by atoms with E-state index in [0.717, 1.165) is 26.4 Å². The first-order valence-electron chi connectivity index (χ1n) is 6.51. The Kier molecular flexibility index (Phi) is 5.46. The van der Waals surface area contributed by atoms with Crippen molar-refractivity contribution in [3.05, 3.63) is 63.1 Å². The first-order valence-corrected chi connectivity index (χ1v) is 7.68. The van der Waals surface area contributed by atoms with E-state index in [9.17, 15) is 0 Å². The van der Waals surface area contributed by atoms with E-state index in [1.165, 1.54) is 0 Å². The second-order valence-electron chi connectivity index (χ2n) is 4.37. The van der Waals surface area contributed by atoms with Crippen LogP contribution in [0.5, 0.6) is 5.75 Å². The van der Waals surface area contributed by atoms with Gasteiger partial charge in [0.2, 0.25) is 0 Å². The van der Waals surface area contributed by atoms with Gasteiger partial charge in [-0.15, -0.1) is 0 Å². The largest absolute Gasteiger partial charge is 0.494 e. The predicted octanol–water partition coefficient (Wildman–Crippen LogP) is 4.81. The topological polar surface area (TPSA) is 21.3 Å². The standard InChI is InChI=1S/C16H17BrClNO/c1-3-20-12-7-4-6-11(10-12)16(19-2)13-8-5-9-14(17)15(13)18/h4-10,16,19H,3H2,1-2H3. The summed E-state index contributed by atoms with van der Waals surface area (Å²) in [7, 11) is 1.93. The summed E-state index contributed by atoms with van der Waals surface area (Å²) in [5.41, 5.74) is 2.16. The van der Waals surface area contributed by atoms with Crippen LogP contribution in [0.2, 0.25) is 5.02 Å². The van der Waals surface area contributed by atoms with Gasteiger partial charge in [0.05, 0.1) is 17.7 Å². The van der Waals surface area contributed by atoms with Crippen molar-refractivity contribution in [2.75, 3.05) is 13.7 Å². The molecule has 1 unspecified atom stereocenters. The van der Waals surface area contributed by atoms with E-state index >= 15 is 0 Å². The quantitative estimate of drug-likeness (QED) is 0.832. The summed E-state index contributed by atoms with van der Waals surface area (Å²) in [5, 5.41) is 4.04. The Morgan fingerprint density at radius 3 is 2.70 bits per heavy atom. The van der Waals surface area contributed by atoms with Crippen molar-refractivity contribution >= 4 is 27.5 Å². The fraction of sp³-hybridized carbons (Fsp3) is 0.250. The van der Waals surface area contributed by atoms with Crippen LogP contribution in [0.4, 0.5) is 0 Å². The van der Waals surface area contributed by atoms with Gasteiger partial charge in [0.25, 0.3) is 0 Å². The van der Waals surface area contributed by atoms with E-state index in [0.29, 0.717) is 6.61 Å². The molecule has 2 aromatic rings. The molecule has 0 fully saturated rings. The minimum Gasteiger partial charge on any atom is -0.494 e. The van der Waals surface area contributed by atoms with E-state index in [4.69, 9.17) is 16.3 Å². The zero-order valence-corrected chi connectivity index (χ0v) is 13.8. The Hall–Kier alpha value is -1.03. The third-order valence-electron chi connectivity index (χ3n) is 3.08. The van der Waals surface area contributed by atoms with Crippen LogP contribution in [-0.2, 0) is 0 Å². The lowest BCUT2D eigenvalue weighted by Gasteiger charge is -2.20. The Balaban J connectivity index is 2.41. The van der Waals surface area contributed by atoms with E-state index in [2.05, 4.69) is 27.3 Å². The molecule has 2 nitrogen and oxygen atoms in total. The average Bonchev–Trinajstić information content (AvgIpc) is 2.45. The van der Waals surface area contributed by atoms with Gasteiger partial charge in [-0.2, -0.15) is 0 Å². The number of hydrogen-bond acceptors (Lipinski definition) is 2. The highest BCUT2D eigenvalue weighted by atomic mass is 79.9. The summed E-state index contributed by atoms with van der Waals surface area (Å²) in [6.45, 7) is 2.64. The molecule has 1 N–H and O–H groups in total. The lowest BCUT2D eigenvalue weighted by atomic mass is 9.98. The van der Waals surface area contributed by atoms with Gasteiger partial charge < -0.3 is 10.1 Å². The average molecular weight is 355 g/mol. The highest BCUT2D eigenvalue weighted by molar-refractivity contribution is 9.10. The number of benzene rings is 2. The van der Waals surface area contributed by atoms with Crippen LogP contribution in [0.15, 0.2) is 46.9 Å². The molecule has 0 aromatic heterocycles. The molecule has 0 saturated heterocycles. The zero-order chi connectivity index (χ0) is 14.5. The number of rotatable bonds is 5. The predicted molar refractivity (Wildman–Crippen MR) is 87.7 cm³/mol. The third kappa shape index (κ3) is 3.35. The van der Waals surface area contributed by atoms with Crippen molar-refractivity contribution in [2.45, 2.75) is 13.0 Å². The van der Waals surface area contributed by atoms with Gasteiger partial charge in [-0.05, 0) is 59.2 Å². The first-order chi connectivity index (χ1) is 9.67. The minimum absolute atomic E-state index is 0.0282. The molecule has 0 aliphatic heterocycles. The van der Waals surface area contributed by atoms with Crippen LogP contribution in [0, 0.1) is 0 Å². The molecule has 2 rings (SSSR count). The molecular weight excluding hydrogens is 338 g/mol. The fourth-order valence-corrected chi connectivity index (χ4v) is 2.81. The van der Waals surface area contributed by atoms with E-state index in [1.54, 1.807) is 0 Å². The molecule has 0 spiro atoms. The van der Waals surface area contributed by atoms with Crippen molar-refractivity contribution in [2.24, 2.45) is 0 Å². The highest BCUT2D eigenvalue weighted by Gasteiger charge is 2.17. The van der Waals surface area contributed by atoms with Crippen LogP contribution in [0.25, 0.3) is 0 Å². The third-order valence-corrected chi connectivity index (χ3v) is 4.39. The smallest absolute Gasteiger partial charge is 0.119 e. The normalized spacial score (nSPS) is 12.2. The first kappa shape index (κ1) is 15.4. The molecule has 0 bridgehead atoms. The molecule has 4 heteroatoms. The maximum atomic E-state index is 6.40. The summed E-state index contributed by atoms with van der Waals surface area (Å²) in [6, 6.07) is 14.1. The monoisotopic (exact) mass is 353 g/mol. The molecule has 0 radical (unpaired) electrons. The van der Waals surface area contributed by atoms with Gasteiger partial charge >= 0.3 is 0 Å². The number of nitrogens with one attached hydrogen (secondary N) is 1. The molecule has 1 atom stereocenters. The van der Waals surface area contributed by atoms with Crippen LogP contribution in [0.3, 0.4) is 0 Å². The fourth-order valence-electron chi connectivity index (χ4n) is 2.20. The van der Waals surface area contributed by atoms with E-state index < -0.39 is 0 Å². The maximum absolute atomic E-state index is 6.40. The molecule has 0 aliphatic carbocycles. The summed E-state index contributed by atoms with van der Waals surface area (Å²) in [6.07, 6.45) is 0. The second kappa shape index (κ2) is 7.11. The Morgan fingerprint density at radius 2 is 2.00 bits per heavy atom.